The first kappa shape index (κ1) is 13.3. The van der Waals surface area contributed by atoms with Crippen LogP contribution in [0.2, 0.25) is 0 Å². The van der Waals surface area contributed by atoms with Crippen LogP contribution in [0.4, 0.5) is 0 Å². The zero-order chi connectivity index (χ0) is 13.7. The molecule has 0 saturated heterocycles. The molecule has 6 heteroatoms. The van der Waals surface area contributed by atoms with Gasteiger partial charge in [-0.05, 0) is 12.1 Å². The van der Waals surface area contributed by atoms with Crippen LogP contribution in [-0.2, 0) is 9.53 Å². The molecule has 0 amide bonds. The lowest BCUT2D eigenvalue weighted by molar-refractivity contribution is -0.135. The molecule has 0 fully saturated rings. The average molecular weight is 247 g/mol. The zero-order valence-corrected chi connectivity index (χ0v) is 9.38. The number of methoxy groups -OCH3 is 1. The quantitative estimate of drug-likeness (QED) is 0.471. The number of benzene rings is 1. The van der Waals surface area contributed by atoms with Crippen LogP contribution in [0.1, 0.15) is 15.9 Å². The fourth-order valence-corrected chi connectivity index (χ4v) is 1.25. The minimum Gasteiger partial charge on any atom is -0.506 e. The number of aromatic hydroxyl groups is 1. The Bertz CT molecular complexity index is 568. The lowest BCUT2D eigenvalue weighted by Crippen LogP contribution is -2.03. The zero-order valence-electron chi connectivity index (χ0n) is 9.38. The number of rotatable bonds is 3. The number of aromatic carboxylic acids is 1. The van der Waals surface area contributed by atoms with Gasteiger partial charge in [-0.25, -0.2) is 9.59 Å². The Labute approximate surface area is 102 Å². The first-order valence-corrected chi connectivity index (χ1v) is 4.76. The van der Waals surface area contributed by atoms with Gasteiger partial charge in [-0.15, -0.1) is 0 Å². The molecular formula is C12H9NO5. The second-order valence-corrected chi connectivity index (χ2v) is 3.21. The van der Waals surface area contributed by atoms with Crippen molar-refractivity contribution in [2.24, 2.45) is 0 Å². The van der Waals surface area contributed by atoms with E-state index in [4.69, 9.17) is 10.4 Å². The summed E-state index contributed by atoms with van der Waals surface area (Å²) in [6.07, 6.45) is 1.06. The van der Waals surface area contributed by atoms with Crippen molar-refractivity contribution in [1.29, 1.82) is 5.26 Å². The maximum atomic E-state index is 11.2. The number of phenols is 1. The van der Waals surface area contributed by atoms with Gasteiger partial charge in [-0.1, -0.05) is 12.1 Å². The summed E-state index contributed by atoms with van der Waals surface area (Å²) in [7, 11) is 1.11. The number of esters is 1. The SMILES string of the molecule is COC(=O)C(C#N)=Cc1cccc(C(=O)O)c1O. The van der Waals surface area contributed by atoms with E-state index in [1.165, 1.54) is 18.2 Å². The molecule has 0 atom stereocenters. The van der Waals surface area contributed by atoms with Gasteiger partial charge in [0.1, 0.15) is 23.0 Å². The van der Waals surface area contributed by atoms with Gasteiger partial charge < -0.3 is 14.9 Å². The fraction of sp³-hybridized carbons (Fsp3) is 0.0833. The minimum atomic E-state index is -1.31. The monoisotopic (exact) mass is 247 g/mol. The molecule has 0 unspecified atom stereocenters. The Kier molecular flexibility index (Phi) is 4.05. The number of hydrogen-bond acceptors (Lipinski definition) is 5. The Morgan fingerprint density at radius 1 is 1.44 bits per heavy atom. The van der Waals surface area contributed by atoms with Gasteiger partial charge in [-0.3, -0.25) is 0 Å². The number of carboxylic acid groups (broad SMARTS) is 1. The summed E-state index contributed by atoms with van der Waals surface area (Å²) in [6.45, 7) is 0. The van der Waals surface area contributed by atoms with E-state index in [1.807, 2.05) is 0 Å². The molecule has 0 aliphatic carbocycles. The standard InChI is InChI=1S/C12H9NO5/c1-18-12(17)8(6-13)5-7-3-2-4-9(10(7)14)11(15)16/h2-5,14H,1H3,(H,15,16). The predicted octanol–water partition coefficient (Wildman–Crippen LogP) is 1.17. The van der Waals surface area contributed by atoms with E-state index in [0.717, 1.165) is 13.2 Å². The molecule has 0 bridgehead atoms. The lowest BCUT2D eigenvalue weighted by Gasteiger charge is -2.03. The number of hydrogen-bond donors (Lipinski definition) is 2. The maximum absolute atomic E-state index is 11.2. The van der Waals surface area contributed by atoms with Crippen LogP contribution in [0.15, 0.2) is 23.8 Å². The van der Waals surface area contributed by atoms with Crippen LogP contribution in [0, 0.1) is 11.3 Å². The highest BCUT2D eigenvalue weighted by Gasteiger charge is 2.14. The van der Waals surface area contributed by atoms with Gasteiger partial charge in [0, 0.05) is 5.56 Å². The van der Waals surface area contributed by atoms with Crippen molar-refractivity contribution in [2.75, 3.05) is 7.11 Å². The molecule has 0 aliphatic heterocycles. The third-order valence-electron chi connectivity index (χ3n) is 2.12. The number of para-hydroxylation sites is 1. The maximum Gasteiger partial charge on any atom is 0.348 e. The fourth-order valence-electron chi connectivity index (χ4n) is 1.25. The number of ether oxygens (including phenoxy) is 1. The minimum absolute atomic E-state index is 0.0526. The van der Waals surface area contributed by atoms with Gasteiger partial charge >= 0.3 is 11.9 Å². The Morgan fingerprint density at radius 3 is 2.61 bits per heavy atom. The molecule has 6 nitrogen and oxygen atoms in total. The van der Waals surface area contributed by atoms with Crippen molar-refractivity contribution in [3.05, 3.63) is 34.9 Å². The third kappa shape index (κ3) is 2.65. The smallest absolute Gasteiger partial charge is 0.348 e. The summed E-state index contributed by atoms with van der Waals surface area (Å²) in [5.74, 6) is -2.68. The number of nitrogens with zero attached hydrogens (tertiary/aromatic N) is 1. The van der Waals surface area contributed by atoms with E-state index in [-0.39, 0.29) is 16.7 Å². The van der Waals surface area contributed by atoms with E-state index in [0.29, 0.717) is 0 Å². The van der Waals surface area contributed by atoms with Crippen molar-refractivity contribution in [2.45, 2.75) is 0 Å². The molecule has 1 aromatic carbocycles. The summed E-state index contributed by atoms with van der Waals surface area (Å²) in [5, 5.41) is 27.2. The summed E-state index contributed by atoms with van der Waals surface area (Å²) in [6, 6.07) is 5.58. The molecule has 1 aromatic rings. The molecule has 0 heterocycles. The molecule has 0 radical (unpaired) electrons. The van der Waals surface area contributed by atoms with Crippen LogP contribution < -0.4 is 0 Å². The highest BCUT2D eigenvalue weighted by molar-refractivity contribution is 5.99. The van der Waals surface area contributed by atoms with Gasteiger partial charge in [0.05, 0.1) is 7.11 Å². The van der Waals surface area contributed by atoms with Crippen LogP contribution in [-0.4, -0.2) is 29.3 Å². The summed E-state index contributed by atoms with van der Waals surface area (Å²) in [4.78, 5) is 21.9. The number of carboxylic acids is 1. The summed E-state index contributed by atoms with van der Waals surface area (Å²) < 4.78 is 4.37. The summed E-state index contributed by atoms with van der Waals surface area (Å²) >= 11 is 0. The topological polar surface area (TPSA) is 108 Å². The van der Waals surface area contributed by atoms with Crippen molar-refractivity contribution in [3.63, 3.8) is 0 Å². The van der Waals surface area contributed by atoms with E-state index < -0.39 is 17.7 Å². The van der Waals surface area contributed by atoms with Crippen molar-refractivity contribution >= 4 is 18.0 Å². The summed E-state index contributed by atoms with van der Waals surface area (Å²) in [5.41, 5.74) is -0.599. The van der Waals surface area contributed by atoms with Crippen molar-refractivity contribution < 1.29 is 24.5 Å². The molecule has 18 heavy (non-hydrogen) atoms. The second kappa shape index (κ2) is 5.50. The first-order valence-electron chi connectivity index (χ1n) is 4.76. The molecule has 0 aromatic heterocycles. The van der Waals surface area contributed by atoms with E-state index in [2.05, 4.69) is 4.74 Å². The Hall–Kier alpha value is -2.81. The normalized spacial score (nSPS) is 10.6. The third-order valence-corrected chi connectivity index (χ3v) is 2.12. The van der Waals surface area contributed by atoms with Gasteiger partial charge in [0.25, 0.3) is 0 Å². The molecule has 0 saturated carbocycles. The van der Waals surface area contributed by atoms with E-state index in [1.54, 1.807) is 6.07 Å². The Balaban J connectivity index is 3.31. The molecule has 2 N–H and O–H groups in total. The van der Waals surface area contributed by atoms with Crippen LogP contribution >= 0.6 is 0 Å². The van der Waals surface area contributed by atoms with Gasteiger partial charge in [0.15, 0.2) is 0 Å². The predicted molar refractivity (Wildman–Crippen MR) is 60.7 cm³/mol. The molecule has 0 spiro atoms. The van der Waals surface area contributed by atoms with Crippen LogP contribution in [0.5, 0.6) is 5.75 Å². The average Bonchev–Trinajstić information content (AvgIpc) is 2.36. The molecule has 1 rings (SSSR count). The lowest BCUT2D eigenvalue weighted by atomic mass is 10.1. The number of carbonyl (C=O) groups is 2. The van der Waals surface area contributed by atoms with Gasteiger partial charge in [-0.2, -0.15) is 5.26 Å². The Morgan fingerprint density at radius 2 is 2.11 bits per heavy atom. The van der Waals surface area contributed by atoms with Crippen molar-refractivity contribution in [1.82, 2.24) is 0 Å². The van der Waals surface area contributed by atoms with E-state index >= 15 is 0 Å². The molecular weight excluding hydrogens is 238 g/mol. The largest absolute Gasteiger partial charge is 0.506 e. The van der Waals surface area contributed by atoms with E-state index in [9.17, 15) is 14.7 Å². The van der Waals surface area contributed by atoms with Crippen molar-refractivity contribution in [3.8, 4) is 11.8 Å². The van der Waals surface area contributed by atoms with Crippen LogP contribution in [0.3, 0.4) is 0 Å². The number of nitriles is 1. The second-order valence-electron chi connectivity index (χ2n) is 3.21. The first-order chi connectivity index (χ1) is 8.51. The number of carbonyl (C=O) groups excluding carboxylic acids is 1. The molecule has 92 valence electrons. The molecule has 0 aliphatic rings. The van der Waals surface area contributed by atoms with Crippen LogP contribution in [0.25, 0.3) is 6.08 Å². The van der Waals surface area contributed by atoms with Gasteiger partial charge in [0.2, 0.25) is 0 Å². The highest BCUT2D eigenvalue weighted by Crippen LogP contribution is 2.24. The highest BCUT2D eigenvalue weighted by atomic mass is 16.5.